The number of esters is 1. The van der Waals surface area contributed by atoms with Crippen molar-refractivity contribution in [1.29, 1.82) is 0 Å². The molecule has 0 heterocycles. The minimum Gasteiger partial charge on any atom is -0.464 e. The van der Waals surface area contributed by atoms with Crippen LogP contribution in [0.1, 0.15) is 139 Å². The first-order valence-corrected chi connectivity index (χ1v) is 14.8. The second-order valence-corrected chi connectivity index (χ2v) is 10.8. The van der Waals surface area contributed by atoms with E-state index in [4.69, 9.17) is 4.74 Å². The van der Waals surface area contributed by atoms with E-state index in [1.54, 1.807) is 0 Å². The molecule has 1 amide bonds. The number of nitrogens with one attached hydrogen (secondary N) is 1. The molecule has 0 aromatic heterocycles. The SMILES string of the molecule is CCCCCCCCCCCCCCCCCOC(=O)C(CC(C)C)NC(=O)c1ccc(C(F)(F)F)cc1. The highest BCUT2D eigenvalue weighted by molar-refractivity contribution is 5.96. The third-order valence-electron chi connectivity index (χ3n) is 6.76. The first kappa shape index (κ1) is 34.0. The Kier molecular flexibility index (Phi) is 17.8. The van der Waals surface area contributed by atoms with Crippen molar-refractivity contribution in [2.75, 3.05) is 6.61 Å². The molecule has 1 aromatic rings. The Labute approximate surface area is 228 Å². The normalized spacial score (nSPS) is 12.5. The molecule has 218 valence electrons. The summed E-state index contributed by atoms with van der Waals surface area (Å²) in [5.41, 5.74) is -0.752. The maximum absolute atomic E-state index is 12.8. The van der Waals surface area contributed by atoms with Gasteiger partial charge >= 0.3 is 12.1 Å². The fourth-order valence-electron chi connectivity index (χ4n) is 4.48. The van der Waals surface area contributed by atoms with Crippen molar-refractivity contribution < 1.29 is 27.5 Å². The number of halogens is 3. The van der Waals surface area contributed by atoms with Gasteiger partial charge in [0.25, 0.3) is 5.91 Å². The van der Waals surface area contributed by atoms with E-state index >= 15 is 0 Å². The Hall–Kier alpha value is -2.05. The van der Waals surface area contributed by atoms with Crippen LogP contribution in [-0.2, 0) is 15.7 Å². The van der Waals surface area contributed by atoms with E-state index < -0.39 is 29.7 Å². The van der Waals surface area contributed by atoms with Crippen molar-refractivity contribution in [2.45, 2.75) is 136 Å². The fourth-order valence-corrected chi connectivity index (χ4v) is 4.48. The molecule has 1 atom stereocenters. The van der Waals surface area contributed by atoms with Gasteiger partial charge < -0.3 is 10.1 Å². The van der Waals surface area contributed by atoms with Gasteiger partial charge in [0.1, 0.15) is 6.04 Å². The third kappa shape index (κ3) is 16.0. The average Bonchev–Trinajstić information content (AvgIpc) is 2.87. The lowest BCUT2D eigenvalue weighted by Crippen LogP contribution is -2.42. The number of rotatable bonds is 21. The van der Waals surface area contributed by atoms with E-state index in [0.717, 1.165) is 43.5 Å². The number of benzene rings is 1. The van der Waals surface area contributed by atoms with Crippen LogP contribution in [0.5, 0.6) is 0 Å². The van der Waals surface area contributed by atoms with E-state index in [1.807, 2.05) is 13.8 Å². The highest BCUT2D eigenvalue weighted by Crippen LogP contribution is 2.29. The molecule has 0 saturated heterocycles. The number of carbonyl (C=O) groups is 2. The highest BCUT2D eigenvalue weighted by Gasteiger charge is 2.30. The molecule has 38 heavy (non-hydrogen) atoms. The van der Waals surface area contributed by atoms with E-state index in [9.17, 15) is 22.8 Å². The molecule has 1 unspecified atom stereocenters. The van der Waals surface area contributed by atoms with Crippen LogP contribution in [0.25, 0.3) is 0 Å². The molecule has 1 N–H and O–H groups in total. The first-order valence-electron chi connectivity index (χ1n) is 14.8. The second-order valence-electron chi connectivity index (χ2n) is 10.8. The molecule has 0 bridgehead atoms. The summed E-state index contributed by atoms with van der Waals surface area (Å²) < 4.78 is 43.7. The van der Waals surface area contributed by atoms with Crippen LogP contribution >= 0.6 is 0 Å². The van der Waals surface area contributed by atoms with Crippen molar-refractivity contribution in [1.82, 2.24) is 5.32 Å². The molecular weight excluding hydrogens is 491 g/mol. The minimum atomic E-state index is -4.47. The van der Waals surface area contributed by atoms with Gasteiger partial charge in [-0.3, -0.25) is 4.79 Å². The van der Waals surface area contributed by atoms with Gasteiger partial charge in [-0.2, -0.15) is 13.2 Å². The smallest absolute Gasteiger partial charge is 0.416 e. The largest absolute Gasteiger partial charge is 0.464 e. The molecular formula is C31H50F3NO3. The highest BCUT2D eigenvalue weighted by atomic mass is 19.4. The summed E-state index contributed by atoms with van der Waals surface area (Å²) in [6.07, 6.45) is 14.8. The zero-order chi connectivity index (χ0) is 28.2. The zero-order valence-electron chi connectivity index (χ0n) is 23.8. The van der Waals surface area contributed by atoms with Gasteiger partial charge in [0.2, 0.25) is 0 Å². The van der Waals surface area contributed by atoms with Crippen LogP contribution in [0.3, 0.4) is 0 Å². The van der Waals surface area contributed by atoms with Gasteiger partial charge in [-0.1, -0.05) is 111 Å². The Bertz CT molecular complexity index is 763. The third-order valence-corrected chi connectivity index (χ3v) is 6.76. The summed E-state index contributed by atoms with van der Waals surface area (Å²) in [6, 6.07) is 3.13. The summed E-state index contributed by atoms with van der Waals surface area (Å²) in [5.74, 6) is -0.955. The van der Waals surface area contributed by atoms with Crippen molar-refractivity contribution in [2.24, 2.45) is 5.92 Å². The molecule has 0 radical (unpaired) electrons. The second kappa shape index (κ2) is 19.9. The number of carbonyl (C=O) groups excluding carboxylic acids is 2. The van der Waals surface area contributed by atoms with Crippen molar-refractivity contribution in [3.05, 3.63) is 35.4 Å². The van der Waals surface area contributed by atoms with Gasteiger partial charge in [-0.25, -0.2) is 4.79 Å². The predicted octanol–water partition coefficient (Wildman–Crippen LogP) is 9.26. The monoisotopic (exact) mass is 541 g/mol. The molecule has 0 aliphatic heterocycles. The van der Waals surface area contributed by atoms with E-state index in [-0.39, 0.29) is 11.5 Å². The van der Waals surface area contributed by atoms with E-state index in [2.05, 4.69) is 12.2 Å². The predicted molar refractivity (Wildman–Crippen MR) is 148 cm³/mol. The maximum Gasteiger partial charge on any atom is 0.416 e. The number of hydrogen-bond acceptors (Lipinski definition) is 3. The molecule has 4 nitrogen and oxygen atoms in total. The lowest BCUT2D eigenvalue weighted by Gasteiger charge is -2.19. The molecule has 7 heteroatoms. The Morgan fingerprint density at radius 3 is 1.63 bits per heavy atom. The Morgan fingerprint density at radius 1 is 0.763 bits per heavy atom. The van der Waals surface area contributed by atoms with E-state index in [0.29, 0.717) is 13.0 Å². The lowest BCUT2D eigenvalue weighted by molar-refractivity contribution is -0.146. The molecule has 1 rings (SSSR count). The quantitative estimate of drug-likeness (QED) is 0.125. The van der Waals surface area contributed by atoms with Gasteiger partial charge in [-0.15, -0.1) is 0 Å². The van der Waals surface area contributed by atoms with Crippen molar-refractivity contribution in [3.63, 3.8) is 0 Å². The van der Waals surface area contributed by atoms with Crippen LogP contribution in [-0.4, -0.2) is 24.5 Å². The Balaban J connectivity index is 2.20. The zero-order valence-corrected chi connectivity index (χ0v) is 23.8. The summed E-state index contributed by atoms with van der Waals surface area (Å²) in [6.45, 7) is 6.42. The first-order chi connectivity index (χ1) is 18.1. The lowest BCUT2D eigenvalue weighted by atomic mass is 10.0. The summed E-state index contributed by atoms with van der Waals surface area (Å²) in [5, 5.41) is 2.63. The van der Waals surface area contributed by atoms with Gasteiger partial charge in [0, 0.05) is 5.56 Å². The number of ether oxygens (including phenoxy) is 1. The summed E-state index contributed by atoms with van der Waals surface area (Å²) in [4.78, 5) is 25.1. The van der Waals surface area contributed by atoms with Crippen LogP contribution < -0.4 is 5.32 Å². The molecule has 0 fully saturated rings. The molecule has 0 aliphatic rings. The van der Waals surface area contributed by atoms with Crippen molar-refractivity contribution in [3.8, 4) is 0 Å². The average molecular weight is 542 g/mol. The number of hydrogen-bond donors (Lipinski definition) is 1. The van der Waals surface area contributed by atoms with Gasteiger partial charge in [0.05, 0.1) is 12.2 Å². The fraction of sp³-hybridized carbons (Fsp3) is 0.742. The van der Waals surface area contributed by atoms with Gasteiger partial charge in [-0.05, 0) is 43.0 Å². The Morgan fingerprint density at radius 2 is 1.21 bits per heavy atom. The minimum absolute atomic E-state index is 0.0713. The van der Waals surface area contributed by atoms with Crippen LogP contribution in [0.2, 0.25) is 0 Å². The van der Waals surface area contributed by atoms with Gasteiger partial charge in [0.15, 0.2) is 0 Å². The maximum atomic E-state index is 12.8. The summed E-state index contributed by atoms with van der Waals surface area (Å²) >= 11 is 0. The van der Waals surface area contributed by atoms with Crippen LogP contribution in [0.4, 0.5) is 13.2 Å². The number of unbranched alkanes of at least 4 members (excludes halogenated alkanes) is 14. The number of alkyl halides is 3. The topological polar surface area (TPSA) is 55.4 Å². The molecule has 0 saturated carbocycles. The molecule has 0 spiro atoms. The van der Waals surface area contributed by atoms with Crippen LogP contribution in [0, 0.1) is 5.92 Å². The van der Waals surface area contributed by atoms with E-state index in [1.165, 1.54) is 77.0 Å². The molecule has 0 aliphatic carbocycles. The summed E-state index contributed by atoms with van der Waals surface area (Å²) in [7, 11) is 0. The number of amides is 1. The standard InChI is InChI=1S/C31H50F3NO3/c1-4-5-6-7-8-9-10-11-12-13-14-15-16-17-18-23-38-30(37)28(24-25(2)3)35-29(36)26-19-21-27(22-20-26)31(32,33)34/h19-22,25,28H,4-18,23-24H2,1-3H3,(H,35,36). The van der Waals surface area contributed by atoms with Crippen LogP contribution in [0.15, 0.2) is 24.3 Å². The molecule has 1 aromatic carbocycles. The van der Waals surface area contributed by atoms with Crippen molar-refractivity contribution >= 4 is 11.9 Å².